The molecule has 1 N–H and O–H groups in total. The Kier molecular flexibility index (Phi) is 6.26. The summed E-state index contributed by atoms with van der Waals surface area (Å²) in [4.78, 5) is 8.74. The molecular formula is C15H27N3OS. The van der Waals surface area contributed by atoms with Crippen LogP contribution in [0.25, 0.3) is 0 Å². The molecule has 1 aliphatic heterocycles. The Balaban J connectivity index is 2.17. The van der Waals surface area contributed by atoms with Gasteiger partial charge in [0.25, 0.3) is 0 Å². The summed E-state index contributed by atoms with van der Waals surface area (Å²) in [5, 5.41) is 4.62. The molecule has 1 aromatic heterocycles. The zero-order chi connectivity index (χ0) is 14.4. The Labute approximate surface area is 126 Å². The number of nitrogens with zero attached hydrogens (tertiary/aromatic N) is 2. The molecule has 0 aliphatic carbocycles. The molecule has 0 saturated carbocycles. The van der Waals surface area contributed by atoms with Crippen LogP contribution in [0.1, 0.15) is 50.1 Å². The maximum atomic E-state index is 5.54. The molecular weight excluding hydrogens is 270 g/mol. The summed E-state index contributed by atoms with van der Waals surface area (Å²) in [6.07, 6.45) is 2.24. The minimum Gasteiger partial charge on any atom is -0.380 e. The maximum absolute atomic E-state index is 5.54. The molecule has 1 saturated heterocycles. The van der Waals surface area contributed by atoms with Crippen molar-refractivity contribution in [2.24, 2.45) is 0 Å². The molecule has 0 aromatic carbocycles. The smallest absolute Gasteiger partial charge is 0.185 e. The minimum absolute atomic E-state index is 0.539. The fourth-order valence-corrected chi connectivity index (χ4v) is 3.57. The molecule has 2 heterocycles. The van der Waals surface area contributed by atoms with Crippen LogP contribution in [0.5, 0.6) is 0 Å². The summed E-state index contributed by atoms with van der Waals surface area (Å²) >= 11 is 1.86. The van der Waals surface area contributed by atoms with E-state index in [2.05, 4.69) is 31.0 Å². The Hall–Kier alpha value is -0.650. The lowest BCUT2D eigenvalue weighted by molar-refractivity contribution is 0.152. The lowest BCUT2D eigenvalue weighted by Gasteiger charge is -2.17. The van der Waals surface area contributed by atoms with E-state index in [4.69, 9.17) is 9.72 Å². The monoisotopic (exact) mass is 297 g/mol. The van der Waals surface area contributed by atoms with Crippen molar-refractivity contribution in [3.05, 3.63) is 10.6 Å². The molecule has 1 aliphatic rings. The van der Waals surface area contributed by atoms with Gasteiger partial charge in [-0.05, 0) is 25.3 Å². The van der Waals surface area contributed by atoms with Gasteiger partial charge in [-0.1, -0.05) is 20.8 Å². The molecule has 5 heteroatoms. The van der Waals surface area contributed by atoms with Crippen molar-refractivity contribution in [1.82, 2.24) is 10.3 Å². The zero-order valence-corrected chi connectivity index (χ0v) is 13.8. The fraction of sp³-hybridized carbons (Fsp3) is 0.800. The van der Waals surface area contributed by atoms with Crippen LogP contribution in [-0.4, -0.2) is 37.8 Å². The van der Waals surface area contributed by atoms with Crippen LogP contribution in [0.3, 0.4) is 0 Å². The number of ether oxygens (including phenoxy) is 1. The number of nitrogens with one attached hydrogen (secondary N) is 1. The van der Waals surface area contributed by atoms with Crippen molar-refractivity contribution in [3.63, 3.8) is 0 Å². The molecule has 0 spiro atoms. The quantitative estimate of drug-likeness (QED) is 0.876. The standard InChI is InChI=1S/C15H27N3OS/c1-4-12(3)14-13(11-16-5-2)20-15(17-14)18-7-6-9-19-10-8-18/h12,16H,4-11H2,1-3H3. The maximum Gasteiger partial charge on any atom is 0.185 e. The first-order chi connectivity index (χ1) is 9.76. The SMILES string of the molecule is CCNCc1sc(N2CCCOCC2)nc1C(C)CC. The molecule has 0 bridgehead atoms. The van der Waals surface area contributed by atoms with Crippen LogP contribution >= 0.6 is 11.3 Å². The highest BCUT2D eigenvalue weighted by Crippen LogP contribution is 2.32. The van der Waals surface area contributed by atoms with Crippen molar-refractivity contribution in [1.29, 1.82) is 0 Å². The average Bonchev–Trinajstić information content (AvgIpc) is 2.70. The van der Waals surface area contributed by atoms with Crippen LogP contribution < -0.4 is 10.2 Å². The number of hydrogen-bond acceptors (Lipinski definition) is 5. The van der Waals surface area contributed by atoms with Crippen molar-refractivity contribution in [2.75, 3.05) is 37.7 Å². The summed E-state index contributed by atoms with van der Waals surface area (Å²) in [5.74, 6) is 0.539. The molecule has 1 fully saturated rings. The highest BCUT2D eigenvalue weighted by Gasteiger charge is 2.20. The molecule has 1 atom stereocenters. The predicted octanol–water partition coefficient (Wildman–Crippen LogP) is 2.99. The number of hydrogen-bond donors (Lipinski definition) is 1. The van der Waals surface area contributed by atoms with E-state index >= 15 is 0 Å². The largest absolute Gasteiger partial charge is 0.380 e. The molecule has 20 heavy (non-hydrogen) atoms. The second-order valence-electron chi connectivity index (χ2n) is 5.35. The van der Waals surface area contributed by atoms with Gasteiger partial charge in [-0.15, -0.1) is 11.3 Å². The highest BCUT2D eigenvalue weighted by molar-refractivity contribution is 7.15. The minimum atomic E-state index is 0.539. The average molecular weight is 297 g/mol. The first-order valence-electron chi connectivity index (χ1n) is 7.79. The van der Waals surface area contributed by atoms with E-state index in [0.29, 0.717) is 5.92 Å². The van der Waals surface area contributed by atoms with Crippen LogP contribution in [-0.2, 0) is 11.3 Å². The van der Waals surface area contributed by atoms with Gasteiger partial charge in [-0.3, -0.25) is 0 Å². The number of thiazole rings is 1. The van der Waals surface area contributed by atoms with Gasteiger partial charge in [0, 0.05) is 31.1 Å². The van der Waals surface area contributed by atoms with E-state index in [-0.39, 0.29) is 0 Å². The number of aromatic nitrogens is 1. The first kappa shape index (κ1) is 15.7. The van der Waals surface area contributed by atoms with Crippen molar-refractivity contribution < 1.29 is 4.74 Å². The first-order valence-corrected chi connectivity index (χ1v) is 8.60. The summed E-state index contributed by atoms with van der Waals surface area (Å²) in [5.41, 5.74) is 1.29. The van der Waals surface area contributed by atoms with Gasteiger partial charge in [0.15, 0.2) is 5.13 Å². The van der Waals surface area contributed by atoms with Crippen molar-refractivity contribution >= 4 is 16.5 Å². The Morgan fingerprint density at radius 2 is 2.20 bits per heavy atom. The Bertz CT molecular complexity index is 400. The summed E-state index contributed by atoms with van der Waals surface area (Å²) in [7, 11) is 0. The Morgan fingerprint density at radius 3 is 2.95 bits per heavy atom. The molecule has 114 valence electrons. The lowest BCUT2D eigenvalue weighted by atomic mass is 10.0. The van der Waals surface area contributed by atoms with E-state index < -0.39 is 0 Å². The third kappa shape index (κ3) is 3.93. The van der Waals surface area contributed by atoms with Crippen LogP contribution in [0.15, 0.2) is 0 Å². The van der Waals surface area contributed by atoms with Crippen LogP contribution in [0.4, 0.5) is 5.13 Å². The van der Waals surface area contributed by atoms with E-state index in [1.54, 1.807) is 0 Å². The van der Waals surface area contributed by atoms with Crippen LogP contribution in [0, 0.1) is 0 Å². The van der Waals surface area contributed by atoms with E-state index in [1.165, 1.54) is 15.7 Å². The van der Waals surface area contributed by atoms with Gasteiger partial charge in [-0.2, -0.15) is 0 Å². The predicted molar refractivity (Wildman–Crippen MR) is 85.8 cm³/mol. The molecule has 4 nitrogen and oxygen atoms in total. The Morgan fingerprint density at radius 1 is 1.35 bits per heavy atom. The number of rotatable bonds is 6. The summed E-state index contributed by atoms with van der Waals surface area (Å²) in [6.45, 7) is 12.3. The number of anilines is 1. The van der Waals surface area contributed by atoms with Gasteiger partial charge < -0.3 is 15.0 Å². The van der Waals surface area contributed by atoms with Gasteiger partial charge in [-0.25, -0.2) is 4.98 Å². The zero-order valence-electron chi connectivity index (χ0n) is 12.9. The van der Waals surface area contributed by atoms with E-state index in [0.717, 1.165) is 52.2 Å². The molecule has 1 unspecified atom stereocenters. The fourth-order valence-electron chi connectivity index (χ4n) is 2.37. The highest BCUT2D eigenvalue weighted by atomic mass is 32.1. The second kappa shape index (κ2) is 7.96. The molecule has 2 rings (SSSR count). The van der Waals surface area contributed by atoms with E-state index in [1.807, 2.05) is 11.3 Å². The van der Waals surface area contributed by atoms with Crippen molar-refractivity contribution in [2.45, 2.75) is 46.1 Å². The summed E-state index contributed by atoms with van der Waals surface area (Å²) in [6, 6.07) is 0. The van der Waals surface area contributed by atoms with Gasteiger partial charge in [0.05, 0.1) is 12.3 Å². The van der Waals surface area contributed by atoms with Gasteiger partial charge >= 0.3 is 0 Å². The van der Waals surface area contributed by atoms with Gasteiger partial charge in [0.2, 0.25) is 0 Å². The topological polar surface area (TPSA) is 37.4 Å². The van der Waals surface area contributed by atoms with Crippen molar-refractivity contribution in [3.8, 4) is 0 Å². The second-order valence-corrected chi connectivity index (χ2v) is 6.41. The summed E-state index contributed by atoms with van der Waals surface area (Å²) < 4.78 is 5.54. The van der Waals surface area contributed by atoms with Gasteiger partial charge in [0.1, 0.15) is 0 Å². The molecule has 0 radical (unpaired) electrons. The van der Waals surface area contributed by atoms with E-state index in [9.17, 15) is 0 Å². The third-order valence-corrected chi connectivity index (χ3v) is 4.96. The van der Waals surface area contributed by atoms with Crippen LogP contribution in [0.2, 0.25) is 0 Å². The lowest BCUT2D eigenvalue weighted by Crippen LogP contribution is -2.25. The molecule has 1 aromatic rings. The molecule has 0 amide bonds. The third-order valence-electron chi connectivity index (χ3n) is 3.82. The normalized spacial score (nSPS) is 18.1.